The van der Waals surface area contributed by atoms with Crippen LogP contribution in [-0.2, 0) is 64.9 Å². The van der Waals surface area contributed by atoms with Crippen LogP contribution in [0, 0.1) is 53.3 Å². The summed E-state index contributed by atoms with van der Waals surface area (Å²) in [4.78, 5) is 0. The second-order valence-electron chi connectivity index (χ2n) is 30.6. The number of aliphatic hydroxyl groups excluding tert-OH is 2. The third-order valence-corrected chi connectivity index (χ3v) is 25.2. The molecule has 14 atom stereocenters. The van der Waals surface area contributed by atoms with Gasteiger partial charge in [0.15, 0.2) is 11.5 Å². The number of dihydropyridines is 1. The van der Waals surface area contributed by atoms with Crippen molar-refractivity contribution in [3.63, 3.8) is 0 Å². The van der Waals surface area contributed by atoms with E-state index in [0.717, 1.165) is 164 Å². The van der Waals surface area contributed by atoms with Crippen molar-refractivity contribution in [1.29, 1.82) is 0 Å². The van der Waals surface area contributed by atoms with E-state index in [0.29, 0.717) is 66.8 Å². The molecule has 1 aromatic heterocycles. The minimum Gasteiger partial charge on any atom is -0.508 e. The lowest BCUT2D eigenvalue weighted by Crippen LogP contribution is -2.70. The molecule has 94 heavy (non-hydrogen) atoms. The summed E-state index contributed by atoms with van der Waals surface area (Å²) in [6.07, 6.45) is 24.7. The van der Waals surface area contributed by atoms with Gasteiger partial charge in [0.05, 0.1) is 37.6 Å². The third-order valence-electron chi connectivity index (χ3n) is 25.2. The van der Waals surface area contributed by atoms with Crippen molar-refractivity contribution in [2.45, 2.75) is 216 Å². The lowest BCUT2D eigenvalue weighted by Gasteiger charge is -2.69. The highest BCUT2D eigenvalue weighted by Crippen LogP contribution is 2.69. The fraction of sp³-hybridized carbons (Fsp3) is 0.537. The van der Waals surface area contributed by atoms with Crippen LogP contribution in [0.2, 0.25) is 0 Å². The highest BCUT2D eigenvalue weighted by Gasteiger charge is 2.69. The van der Waals surface area contributed by atoms with Gasteiger partial charge in [-0.05, 0) is 243 Å². The average Bonchev–Trinajstić information content (AvgIpc) is 0.714. The average molecular weight is 1270 g/mol. The molecule has 494 valence electrons. The van der Waals surface area contributed by atoms with Gasteiger partial charge in [-0.3, -0.25) is 5.32 Å². The Morgan fingerprint density at radius 1 is 0.809 bits per heavy atom. The van der Waals surface area contributed by atoms with Crippen LogP contribution in [0.1, 0.15) is 197 Å². The minimum absolute atomic E-state index is 0.0174. The fourth-order valence-corrected chi connectivity index (χ4v) is 21.0. The van der Waals surface area contributed by atoms with Crippen LogP contribution in [0.4, 0.5) is 0 Å². The molecule has 8 bridgehead atoms. The van der Waals surface area contributed by atoms with Gasteiger partial charge >= 0.3 is 0 Å². The molecule has 14 unspecified atom stereocenters. The Morgan fingerprint density at radius 2 is 1.70 bits per heavy atom. The molecule has 7 N–H and O–H groups in total. The quantitative estimate of drug-likeness (QED) is 0.0583. The Bertz CT molecular complexity index is 4020. The molecule has 6 aliphatic heterocycles. The number of methoxy groups -OCH3 is 1. The molecule has 12 nitrogen and oxygen atoms in total. The van der Waals surface area contributed by atoms with Gasteiger partial charge in [-0.25, -0.2) is 0 Å². The van der Waals surface area contributed by atoms with Crippen LogP contribution in [0.5, 0.6) is 23.0 Å². The van der Waals surface area contributed by atoms with E-state index >= 15 is 0 Å². The first kappa shape index (κ1) is 62.3. The molecule has 12 heteroatoms. The standard InChI is InChI=1S/C82H97N3O9/c1-4-10-48(2)31-57-36-56-39-68-59(44-86)40-73(90)77(75(57)68)93-45-60-38-63(82-62-25-22-52-13-9-14-53(76(52)82)35-54-23-24-61-15-5-6-30-81(61,78(54)82)94-46-62)37-58-42-85(43-69(58)60)80-70-47-92-65(41-72(56)89)17-8-11-49(20-26-66(70)67-27-29-74(91-3)83-79(67)84-80)18-19-50-21-28-71(88)55(32-50)33-51-12-7-16-64(87)34-51/h7,9,12-14,16,21,28,32,34,37-38,40,42-43,48-49,54,56-57,61-62,65,72,74,78-79,83-84,86-90H,4-6,8,10-11,15,17-19,22-25,27,29-31,33,35-36,39,41,44-47H2,1-3H3. The van der Waals surface area contributed by atoms with Gasteiger partial charge < -0.3 is 54.4 Å². The Labute approximate surface area is 555 Å². The normalized spacial score (nSPS) is 31.2. The molecule has 17 rings (SSSR count). The zero-order valence-electron chi connectivity index (χ0n) is 55.5. The molecule has 0 radical (unpaired) electrons. The maximum atomic E-state index is 13.0. The van der Waals surface area contributed by atoms with E-state index in [1.165, 1.54) is 54.4 Å². The third kappa shape index (κ3) is 10.9. The molecular formula is C82H97N3O9. The number of phenols is 3. The van der Waals surface area contributed by atoms with E-state index in [2.05, 4.69) is 89.7 Å². The van der Waals surface area contributed by atoms with Gasteiger partial charge in [0.25, 0.3) is 0 Å². The number of aryl methyl sites for hydroxylation is 2. The van der Waals surface area contributed by atoms with E-state index in [1.807, 2.05) is 24.3 Å². The summed E-state index contributed by atoms with van der Waals surface area (Å²) in [5.74, 6) is 11.8. The number of hydrogen-bond acceptors (Lipinski definition) is 11. The van der Waals surface area contributed by atoms with Crippen LogP contribution < -0.4 is 15.4 Å². The fourth-order valence-electron chi connectivity index (χ4n) is 21.0. The summed E-state index contributed by atoms with van der Waals surface area (Å²) in [5, 5.41) is 68.3. The van der Waals surface area contributed by atoms with Crippen molar-refractivity contribution in [1.82, 2.24) is 15.2 Å². The van der Waals surface area contributed by atoms with Crippen molar-refractivity contribution in [2.75, 3.05) is 20.3 Å². The first-order valence-corrected chi connectivity index (χ1v) is 36.3. The van der Waals surface area contributed by atoms with E-state index in [1.54, 1.807) is 30.9 Å². The number of fused-ring (bicyclic) bond motifs is 4. The van der Waals surface area contributed by atoms with E-state index < -0.39 is 6.10 Å². The lowest BCUT2D eigenvalue weighted by molar-refractivity contribution is -0.247. The maximum absolute atomic E-state index is 13.0. The first-order chi connectivity index (χ1) is 45.9. The van der Waals surface area contributed by atoms with Crippen molar-refractivity contribution in [3.05, 3.63) is 169 Å². The second kappa shape index (κ2) is 25.5. The maximum Gasteiger partial charge on any atom is 0.165 e. The number of rotatable bonds is 12. The smallest absolute Gasteiger partial charge is 0.165 e. The number of aromatic nitrogens is 1. The Balaban J connectivity index is 0.883. The molecule has 2 saturated heterocycles. The highest BCUT2D eigenvalue weighted by molar-refractivity contribution is 5.89. The van der Waals surface area contributed by atoms with Gasteiger partial charge in [-0.15, -0.1) is 0 Å². The first-order valence-electron chi connectivity index (χ1n) is 36.3. The van der Waals surface area contributed by atoms with E-state index in [-0.39, 0.29) is 77.7 Å². The van der Waals surface area contributed by atoms with Gasteiger partial charge in [-0.2, -0.15) is 0 Å². The number of aliphatic hydroxyl groups is 2. The number of nitrogens with one attached hydrogen (secondary N) is 2. The second-order valence-corrected chi connectivity index (χ2v) is 30.6. The molecule has 5 aromatic carbocycles. The van der Waals surface area contributed by atoms with Gasteiger partial charge in [-0.1, -0.05) is 99.9 Å². The van der Waals surface area contributed by atoms with E-state index in [9.17, 15) is 25.5 Å². The molecule has 11 aliphatic rings. The molecule has 5 aliphatic carbocycles. The van der Waals surface area contributed by atoms with Crippen molar-refractivity contribution < 1.29 is 44.5 Å². The Morgan fingerprint density at radius 3 is 2.57 bits per heavy atom. The summed E-state index contributed by atoms with van der Waals surface area (Å²) in [7, 11) is 1.78. The molecule has 4 fully saturated rings. The predicted octanol–water partition coefficient (Wildman–Crippen LogP) is 14.6. The molecular weight excluding hydrogens is 1170 g/mol. The van der Waals surface area contributed by atoms with Gasteiger partial charge in [0.2, 0.25) is 0 Å². The lowest BCUT2D eigenvalue weighted by atomic mass is 9.39. The summed E-state index contributed by atoms with van der Waals surface area (Å²) in [5.41, 5.74) is 15.4. The number of nitrogens with zero attached hydrogens (tertiary/aromatic N) is 1. The Kier molecular flexibility index (Phi) is 16.9. The van der Waals surface area contributed by atoms with Crippen LogP contribution >= 0.6 is 0 Å². The number of phenolic OH excluding ortho intramolecular Hbond substituents is 3. The predicted molar refractivity (Wildman–Crippen MR) is 366 cm³/mol. The molecule has 7 heterocycles. The van der Waals surface area contributed by atoms with Crippen LogP contribution in [0.25, 0.3) is 16.6 Å². The molecule has 0 amide bonds. The van der Waals surface area contributed by atoms with E-state index in [4.69, 9.17) is 18.9 Å². The summed E-state index contributed by atoms with van der Waals surface area (Å²) >= 11 is 0. The monoisotopic (exact) mass is 1270 g/mol. The summed E-state index contributed by atoms with van der Waals surface area (Å²) in [6, 6.07) is 27.3. The molecule has 1 spiro atoms. The number of piperidine rings is 1. The highest BCUT2D eigenvalue weighted by atomic mass is 16.5. The Hall–Kier alpha value is -6.56. The molecule has 6 aromatic rings. The van der Waals surface area contributed by atoms with Crippen LogP contribution in [0.3, 0.4) is 0 Å². The van der Waals surface area contributed by atoms with Crippen molar-refractivity contribution in [2.24, 2.45) is 41.4 Å². The number of ether oxygens (including phenoxy) is 4. The van der Waals surface area contributed by atoms with Gasteiger partial charge in [0.1, 0.15) is 36.3 Å². The number of aromatic hydroxyl groups is 3. The minimum atomic E-state index is -0.694. The van der Waals surface area contributed by atoms with Crippen LogP contribution in [-0.4, -0.2) is 80.6 Å². The topological polar surface area (TPSA) is 167 Å². The molecule has 2 saturated carbocycles. The zero-order valence-corrected chi connectivity index (χ0v) is 55.5. The SMILES string of the molecule is CCCC(C)CC1CC2Cc3c(CO)cc(O)c(c31)OCc1cc(C34c5c6cccc5CC5CCC7CCCCC7(OCC3CC6)C54)cc3cn(cc13)C1=C3COC(CCCC(CCc4ccc(O)c(Cc5cccc(O)c5)c4)C#CC3=C3CCC(OC)NC3N1)CC2O. The van der Waals surface area contributed by atoms with Crippen molar-refractivity contribution >= 4 is 16.6 Å². The summed E-state index contributed by atoms with van der Waals surface area (Å²) in [6.45, 7) is 5.65. The summed E-state index contributed by atoms with van der Waals surface area (Å²) < 4.78 is 30.9. The zero-order chi connectivity index (χ0) is 64.0. The van der Waals surface area contributed by atoms with Crippen molar-refractivity contribution in [3.8, 4) is 34.8 Å². The number of hydrogen-bond donors (Lipinski definition) is 7. The van der Waals surface area contributed by atoms with Gasteiger partial charge in [0, 0.05) is 70.7 Å². The number of benzene rings is 5. The van der Waals surface area contributed by atoms with Crippen LogP contribution in [0.15, 0.2) is 108 Å². The largest absolute Gasteiger partial charge is 0.508 e.